The Bertz CT molecular complexity index is 549. The molecule has 0 radical (unpaired) electrons. The monoisotopic (exact) mass is 271 g/mol. The molecule has 0 aromatic heterocycles. The van der Waals surface area contributed by atoms with Crippen LogP contribution >= 0.6 is 0 Å². The van der Waals surface area contributed by atoms with Crippen molar-refractivity contribution in [1.29, 1.82) is 0 Å². The number of hydrogen-bond acceptors (Lipinski definition) is 3. The minimum absolute atomic E-state index is 0.177. The number of nitrogen functional groups attached to an aromatic ring is 1. The normalized spacial score (nSPS) is 10.4. The zero-order valence-corrected chi connectivity index (χ0v) is 11.8. The van der Waals surface area contributed by atoms with Crippen molar-refractivity contribution in [3.8, 4) is 17.2 Å². The van der Waals surface area contributed by atoms with Gasteiger partial charge in [0.05, 0.1) is 0 Å². The van der Waals surface area contributed by atoms with Crippen LogP contribution in [0.3, 0.4) is 0 Å². The molecule has 0 saturated carbocycles. The number of rotatable bonds is 6. The molecule has 0 unspecified atom stereocenters. The van der Waals surface area contributed by atoms with Gasteiger partial charge in [0.15, 0.2) is 11.5 Å². The molecule has 0 saturated heterocycles. The second kappa shape index (κ2) is 6.85. The van der Waals surface area contributed by atoms with Gasteiger partial charge in [-0.1, -0.05) is 25.8 Å². The van der Waals surface area contributed by atoms with E-state index in [2.05, 4.69) is 6.92 Å². The number of aryl methyl sites for hydroxylation is 1. The van der Waals surface area contributed by atoms with Gasteiger partial charge >= 0.3 is 0 Å². The molecular formula is C17H21NO2. The highest BCUT2D eigenvalue weighted by Crippen LogP contribution is 2.32. The second-order valence-corrected chi connectivity index (χ2v) is 4.93. The Kier molecular flexibility index (Phi) is 4.88. The molecule has 0 aliphatic heterocycles. The maximum absolute atomic E-state index is 10.0. The molecular weight excluding hydrogens is 250 g/mol. The molecule has 0 bridgehead atoms. The van der Waals surface area contributed by atoms with Gasteiger partial charge in [0, 0.05) is 5.69 Å². The Morgan fingerprint density at radius 3 is 2.45 bits per heavy atom. The van der Waals surface area contributed by atoms with Crippen LogP contribution in [0.15, 0.2) is 42.5 Å². The van der Waals surface area contributed by atoms with Crippen molar-refractivity contribution in [2.45, 2.75) is 32.6 Å². The minimum atomic E-state index is 0.177. The average Bonchev–Trinajstić information content (AvgIpc) is 2.44. The molecule has 3 N–H and O–H groups in total. The van der Waals surface area contributed by atoms with Crippen LogP contribution < -0.4 is 10.5 Å². The standard InChI is InChI=1S/C17H21NO2/c1-2-3-4-5-13-6-11-17(16(19)12-13)20-15-9-7-14(18)8-10-15/h6-12,19H,2-5,18H2,1H3. The summed E-state index contributed by atoms with van der Waals surface area (Å²) >= 11 is 0. The van der Waals surface area contributed by atoms with Crippen LogP contribution in [0.25, 0.3) is 0 Å². The zero-order chi connectivity index (χ0) is 14.4. The van der Waals surface area contributed by atoms with E-state index in [0.717, 1.165) is 18.4 Å². The summed E-state index contributed by atoms with van der Waals surface area (Å²) < 4.78 is 5.64. The summed E-state index contributed by atoms with van der Waals surface area (Å²) in [5.74, 6) is 1.30. The molecule has 2 aromatic rings. The Morgan fingerprint density at radius 1 is 1.05 bits per heavy atom. The number of hydrogen-bond donors (Lipinski definition) is 2. The maximum Gasteiger partial charge on any atom is 0.169 e. The fourth-order valence-corrected chi connectivity index (χ4v) is 2.05. The van der Waals surface area contributed by atoms with Crippen molar-refractivity contribution in [2.24, 2.45) is 0 Å². The number of phenolic OH excluding ortho intramolecular Hbond substituents is 1. The smallest absolute Gasteiger partial charge is 0.169 e. The lowest BCUT2D eigenvalue weighted by atomic mass is 10.1. The SMILES string of the molecule is CCCCCc1ccc(Oc2ccc(N)cc2)c(O)c1. The van der Waals surface area contributed by atoms with Crippen LogP contribution in [0.1, 0.15) is 31.7 Å². The number of ether oxygens (including phenoxy) is 1. The van der Waals surface area contributed by atoms with E-state index in [-0.39, 0.29) is 5.75 Å². The molecule has 0 amide bonds. The number of benzene rings is 2. The van der Waals surface area contributed by atoms with E-state index in [4.69, 9.17) is 10.5 Å². The molecule has 0 aliphatic rings. The number of unbranched alkanes of at least 4 members (excludes halogenated alkanes) is 2. The van der Waals surface area contributed by atoms with E-state index in [9.17, 15) is 5.11 Å². The molecule has 0 spiro atoms. The van der Waals surface area contributed by atoms with Crippen molar-refractivity contribution in [1.82, 2.24) is 0 Å². The maximum atomic E-state index is 10.0. The Hall–Kier alpha value is -2.16. The third kappa shape index (κ3) is 3.92. The molecule has 2 rings (SSSR count). The number of anilines is 1. The molecule has 0 heterocycles. The Labute approximate surface area is 120 Å². The highest BCUT2D eigenvalue weighted by atomic mass is 16.5. The van der Waals surface area contributed by atoms with E-state index in [1.54, 1.807) is 30.3 Å². The molecule has 0 fully saturated rings. The van der Waals surface area contributed by atoms with E-state index < -0.39 is 0 Å². The van der Waals surface area contributed by atoms with E-state index in [0.29, 0.717) is 17.2 Å². The number of phenols is 1. The van der Waals surface area contributed by atoms with Crippen LogP contribution in [0, 0.1) is 0 Å². The summed E-state index contributed by atoms with van der Waals surface area (Å²) in [4.78, 5) is 0. The third-order valence-electron chi connectivity index (χ3n) is 3.20. The number of nitrogens with two attached hydrogens (primary N) is 1. The quantitative estimate of drug-likeness (QED) is 0.600. The van der Waals surface area contributed by atoms with Crippen molar-refractivity contribution in [3.63, 3.8) is 0 Å². The highest BCUT2D eigenvalue weighted by Gasteiger charge is 2.05. The van der Waals surface area contributed by atoms with Gasteiger partial charge in [0.25, 0.3) is 0 Å². The summed E-state index contributed by atoms with van der Waals surface area (Å²) in [5.41, 5.74) is 7.45. The predicted octanol–water partition coefficient (Wildman–Crippen LogP) is 4.50. The van der Waals surface area contributed by atoms with Crippen molar-refractivity contribution >= 4 is 5.69 Å². The average molecular weight is 271 g/mol. The van der Waals surface area contributed by atoms with Gasteiger partial charge in [-0.25, -0.2) is 0 Å². The molecule has 3 heteroatoms. The van der Waals surface area contributed by atoms with E-state index in [1.807, 2.05) is 12.1 Å². The number of aromatic hydroxyl groups is 1. The van der Waals surface area contributed by atoms with Crippen LogP contribution in [0.4, 0.5) is 5.69 Å². The fourth-order valence-electron chi connectivity index (χ4n) is 2.05. The molecule has 0 atom stereocenters. The van der Waals surface area contributed by atoms with Crippen molar-refractivity contribution < 1.29 is 9.84 Å². The predicted molar refractivity (Wildman–Crippen MR) is 82.3 cm³/mol. The fraction of sp³-hybridized carbons (Fsp3) is 0.294. The first kappa shape index (κ1) is 14.3. The summed E-state index contributed by atoms with van der Waals surface area (Å²) in [6.45, 7) is 2.18. The van der Waals surface area contributed by atoms with E-state index in [1.165, 1.54) is 12.8 Å². The first-order chi connectivity index (χ1) is 9.69. The first-order valence-corrected chi connectivity index (χ1v) is 7.04. The summed E-state index contributed by atoms with van der Waals surface area (Å²) in [6, 6.07) is 12.7. The third-order valence-corrected chi connectivity index (χ3v) is 3.20. The highest BCUT2D eigenvalue weighted by molar-refractivity contribution is 5.47. The van der Waals surface area contributed by atoms with E-state index >= 15 is 0 Å². The Balaban J connectivity index is 2.03. The summed E-state index contributed by atoms with van der Waals surface area (Å²) in [7, 11) is 0. The van der Waals surface area contributed by atoms with Gasteiger partial charge < -0.3 is 15.6 Å². The Morgan fingerprint density at radius 2 is 1.80 bits per heavy atom. The zero-order valence-electron chi connectivity index (χ0n) is 11.8. The van der Waals surface area contributed by atoms with Crippen molar-refractivity contribution in [3.05, 3.63) is 48.0 Å². The molecule has 0 aliphatic carbocycles. The summed E-state index contributed by atoms with van der Waals surface area (Å²) in [6.07, 6.45) is 4.55. The van der Waals surface area contributed by atoms with Crippen LogP contribution in [-0.2, 0) is 6.42 Å². The van der Waals surface area contributed by atoms with Crippen molar-refractivity contribution in [2.75, 3.05) is 5.73 Å². The van der Waals surface area contributed by atoms with Gasteiger partial charge in [0.1, 0.15) is 5.75 Å². The second-order valence-electron chi connectivity index (χ2n) is 4.93. The molecule has 106 valence electrons. The van der Waals surface area contributed by atoms with Gasteiger partial charge in [-0.15, -0.1) is 0 Å². The van der Waals surface area contributed by atoms with Crippen LogP contribution in [0.5, 0.6) is 17.2 Å². The van der Waals surface area contributed by atoms with Crippen LogP contribution in [-0.4, -0.2) is 5.11 Å². The molecule has 2 aromatic carbocycles. The molecule has 20 heavy (non-hydrogen) atoms. The van der Waals surface area contributed by atoms with Crippen LogP contribution in [0.2, 0.25) is 0 Å². The minimum Gasteiger partial charge on any atom is -0.504 e. The first-order valence-electron chi connectivity index (χ1n) is 7.04. The molecule has 3 nitrogen and oxygen atoms in total. The largest absolute Gasteiger partial charge is 0.504 e. The van der Waals surface area contributed by atoms with Gasteiger partial charge in [-0.2, -0.15) is 0 Å². The van der Waals surface area contributed by atoms with Gasteiger partial charge in [0.2, 0.25) is 0 Å². The van der Waals surface area contributed by atoms with Gasteiger partial charge in [-0.3, -0.25) is 0 Å². The lowest BCUT2D eigenvalue weighted by Crippen LogP contribution is -1.89. The lowest BCUT2D eigenvalue weighted by molar-refractivity contribution is 0.410. The topological polar surface area (TPSA) is 55.5 Å². The lowest BCUT2D eigenvalue weighted by Gasteiger charge is -2.09. The van der Waals surface area contributed by atoms with Gasteiger partial charge in [-0.05, 0) is 54.8 Å². The summed E-state index contributed by atoms with van der Waals surface area (Å²) in [5, 5.41) is 10.0.